The van der Waals surface area contributed by atoms with Crippen molar-refractivity contribution in [2.75, 3.05) is 20.3 Å². The minimum atomic E-state index is 0.0952. The van der Waals surface area contributed by atoms with Crippen molar-refractivity contribution in [2.24, 2.45) is 5.92 Å². The highest BCUT2D eigenvalue weighted by Gasteiger charge is 2.09. The van der Waals surface area contributed by atoms with Crippen LogP contribution in [0.2, 0.25) is 0 Å². The average Bonchev–Trinajstić information content (AvgIpc) is 2.67. The Morgan fingerprint density at radius 1 is 1.50 bits per heavy atom. The monoisotopic (exact) mass is 197 g/mol. The standard InChI is InChI=1S/C11H19NO2/c1-14-9-7-11(13)12-8-6-10-4-2-3-5-10/h2-3,10H,4-9H2,1H3,(H,12,13). The fourth-order valence-corrected chi connectivity index (χ4v) is 1.61. The van der Waals surface area contributed by atoms with E-state index < -0.39 is 0 Å². The smallest absolute Gasteiger partial charge is 0.222 e. The van der Waals surface area contributed by atoms with Gasteiger partial charge in [-0.05, 0) is 25.2 Å². The van der Waals surface area contributed by atoms with E-state index in [9.17, 15) is 4.79 Å². The third-order valence-electron chi connectivity index (χ3n) is 2.51. The molecule has 0 aliphatic heterocycles. The van der Waals surface area contributed by atoms with Crippen LogP contribution in [0.25, 0.3) is 0 Å². The molecule has 14 heavy (non-hydrogen) atoms. The van der Waals surface area contributed by atoms with E-state index in [1.54, 1.807) is 7.11 Å². The molecule has 0 heterocycles. The van der Waals surface area contributed by atoms with Gasteiger partial charge < -0.3 is 10.1 Å². The molecule has 1 N–H and O–H groups in total. The van der Waals surface area contributed by atoms with Crippen molar-refractivity contribution in [1.29, 1.82) is 0 Å². The van der Waals surface area contributed by atoms with Crippen LogP contribution in [-0.4, -0.2) is 26.2 Å². The summed E-state index contributed by atoms with van der Waals surface area (Å²) in [6.07, 6.45) is 8.35. The molecule has 0 atom stereocenters. The maximum Gasteiger partial charge on any atom is 0.222 e. The molecule has 1 aliphatic carbocycles. The van der Waals surface area contributed by atoms with Crippen LogP contribution >= 0.6 is 0 Å². The van der Waals surface area contributed by atoms with Gasteiger partial charge in [-0.3, -0.25) is 4.79 Å². The number of nitrogens with one attached hydrogen (secondary N) is 1. The quantitative estimate of drug-likeness (QED) is 0.655. The van der Waals surface area contributed by atoms with Crippen LogP contribution in [0.4, 0.5) is 0 Å². The SMILES string of the molecule is COCCC(=O)NCCC1CC=CC1. The van der Waals surface area contributed by atoms with Gasteiger partial charge in [0.05, 0.1) is 6.61 Å². The van der Waals surface area contributed by atoms with Crippen molar-refractivity contribution in [2.45, 2.75) is 25.7 Å². The summed E-state index contributed by atoms with van der Waals surface area (Å²) in [4.78, 5) is 11.2. The summed E-state index contributed by atoms with van der Waals surface area (Å²) in [6, 6.07) is 0. The second-order valence-corrected chi connectivity index (χ2v) is 3.69. The number of carbonyl (C=O) groups excluding carboxylic acids is 1. The second kappa shape index (κ2) is 6.60. The molecule has 1 aliphatic rings. The molecule has 1 rings (SSSR count). The minimum Gasteiger partial charge on any atom is -0.384 e. The molecule has 0 aromatic rings. The van der Waals surface area contributed by atoms with Crippen LogP contribution in [0.15, 0.2) is 12.2 Å². The third-order valence-corrected chi connectivity index (χ3v) is 2.51. The van der Waals surface area contributed by atoms with Crippen molar-refractivity contribution < 1.29 is 9.53 Å². The van der Waals surface area contributed by atoms with Gasteiger partial charge in [0.2, 0.25) is 5.91 Å². The van der Waals surface area contributed by atoms with E-state index in [1.807, 2.05) is 0 Å². The van der Waals surface area contributed by atoms with Crippen molar-refractivity contribution >= 4 is 5.91 Å². The van der Waals surface area contributed by atoms with E-state index in [0.29, 0.717) is 13.0 Å². The molecule has 0 fully saturated rings. The van der Waals surface area contributed by atoms with Crippen molar-refractivity contribution in [3.05, 3.63) is 12.2 Å². The first kappa shape index (κ1) is 11.2. The summed E-state index contributed by atoms with van der Waals surface area (Å²) >= 11 is 0. The van der Waals surface area contributed by atoms with Crippen LogP contribution in [0.5, 0.6) is 0 Å². The lowest BCUT2D eigenvalue weighted by Crippen LogP contribution is -2.26. The van der Waals surface area contributed by atoms with Gasteiger partial charge >= 0.3 is 0 Å². The highest BCUT2D eigenvalue weighted by molar-refractivity contribution is 5.75. The number of rotatable bonds is 6. The number of hydrogen-bond donors (Lipinski definition) is 1. The van der Waals surface area contributed by atoms with Gasteiger partial charge in [0.15, 0.2) is 0 Å². The van der Waals surface area contributed by atoms with Crippen molar-refractivity contribution in [1.82, 2.24) is 5.32 Å². The van der Waals surface area contributed by atoms with E-state index in [2.05, 4.69) is 17.5 Å². The normalized spacial score (nSPS) is 16.1. The summed E-state index contributed by atoms with van der Waals surface area (Å²) in [7, 11) is 1.61. The van der Waals surface area contributed by atoms with Crippen LogP contribution < -0.4 is 5.32 Å². The molecule has 80 valence electrons. The van der Waals surface area contributed by atoms with Crippen LogP contribution in [0, 0.1) is 5.92 Å². The molecule has 0 saturated heterocycles. The minimum absolute atomic E-state index is 0.0952. The van der Waals surface area contributed by atoms with Gasteiger partial charge in [0, 0.05) is 20.1 Å². The second-order valence-electron chi connectivity index (χ2n) is 3.69. The van der Waals surface area contributed by atoms with Gasteiger partial charge in [0.1, 0.15) is 0 Å². The largest absolute Gasteiger partial charge is 0.384 e. The Morgan fingerprint density at radius 2 is 2.21 bits per heavy atom. The molecular weight excluding hydrogens is 178 g/mol. The van der Waals surface area contributed by atoms with Gasteiger partial charge in [0.25, 0.3) is 0 Å². The zero-order valence-corrected chi connectivity index (χ0v) is 8.79. The predicted octanol–water partition coefficient (Wildman–Crippen LogP) is 1.50. The molecule has 1 amide bonds. The van der Waals surface area contributed by atoms with Gasteiger partial charge in [-0.2, -0.15) is 0 Å². The average molecular weight is 197 g/mol. The number of allylic oxidation sites excluding steroid dienone is 2. The lowest BCUT2D eigenvalue weighted by atomic mass is 10.0. The molecule has 0 saturated carbocycles. The van der Waals surface area contributed by atoms with Crippen LogP contribution in [0.3, 0.4) is 0 Å². The number of ether oxygens (including phenoxy) is 1. The fraction of sp³-hybridized carbons (Fsp3) is 0.727. The van der Waals surface area contributed by atoms with E-state index in [4.69, 9.17) is 4.74 Å². The predicted molar refractivity (Wildman–Crippen MR) is 56.0 cm³/mol. The molecule has 0 radical (unpaired) electrons. The number of amides is 1. The lowest BCUT2D eigenvalue weighted by molar-refractivity contribution is -0.121. The molecule has 3 nitrogen and oxygen atoms in total. The third kappa shape index (κ3) is 4.42. The number of methoxy groups -OCH3 is 1. The number of hydrogen-bond acceptors (Lipinski definition) is 2. The zero-order valence-electron chi connectivity index (χ0n) is 8.79. The Morgan fingerprint density at radius 3 is 2.86 bits per heavy atom. The first-order valence-corrected chi connectivity index (χ1v) is 5.23. The molecule has 0 aromatic carbocycles. The summed E-state index contributed by atoms with van der Waals surface area (Å²) in [5.41, 5.74) is 0. The maximum absolute atomic E-state index is 11.2. The van der Waals surface area contributed by atoms with Gasteiger partial charge in [-0.15, -0.1) is 0 Å². The summed E-state index contributed by atoms with van der Waals surface area (Å²) < 4.78 is 4.82. The maximum atomic E-state index is 11.2. The van der Waals surface area contributed by atoms with Crippen molar-refractivity contribution in [3.63, 3.8) is 0 Å². The summed E-state index contributed by atoms with van der Waals surface area (Å²) in [5.74, 6) is 0.843. The lowest BCUT2D eigenvalue weighted by Gasteiger charge is -2.09. The molecule has 3 heteroatoms. The number of carbonyl (C=O) groups is 1. The summed E-state index contributed by atoms with van der Waals surface area (Å²) in [5, 5.41) is 2.90. The Labute approximate surface area is 85.5 Å². The Kier molecular flexibility index (Phi) is 5.30. The van der Waals surface area contributed by atoms with Gasteiger partial charge in [-0.1, -0.05) is 12.2 Å². The Bertz CT molecular complexity index is 193. The Balaban J connectivity index is 1.94. The van der Waals surface area contributed by atoms with Gasteiger partial charge in [-0.25, -0.2) is 0 Å². The first-order valence-electron chi connectivity index (χ1n) is 5.23. The highest BCUT2D eigenvalue weighted by Crippen LogP contribution is 2.20. The first-order chi connectivity index (χ1) is 6.83. The van der Waals surface area contributed by atoms with E-state index in [0.717, 1.165) is 18.9 Å². The molecule has 0 unspecified atom stereocenters. The van der Waals surface area contributed by atoms with E-state index in [-0.39, 0.29) is 5.91 Å². The Hall–Kier alpha value is -0.830. The fourth-order valence-electron chi connectivity index (χ4n) is 1.61. The molecule has 0 aromatic heterocycles. The van der Waals surface area contributed by atoms with E-state index >= 15 is 0 Å². The van der Waals surface area contributed by atoms with Crippen molar-refractivity contribution in [3.8, 4) is 0 Å². The molecular formula is C11H19NO2. The molecule has 0 bridgehead atoms. The summed E-state index contributed by atoms with van der Waals surface area (Å²) in [6.45, 7) is 1.31. The zero-order chi connectivity index (χ0) is 10.2. The van der Waals surface area contributed by atoms with Crippen LogP contribution in [-0.2, 0) is 9.53 Å². The van der Waals surface area contributed by atoms with Crippen LogP contribution in [0.1, 0.15) is 25.7 Å². The highest BCUT2D eigenvalue weighted by atomic mass is 16.5. The topological polar surface area (TPSA) is 38.3 Å². The molecule has 0 spiro atoms. The van der Waals surface area contributed by atoms with E-state index in [1.165, 1.54) is 12.8 Å².